The van der Waals surface area contributed by atoms with E-state index >= 15 is 0 Å². The molecule has 1 aliphatic carbocycles. The average molecular weight is 393 g/mol. The van der Waals surface area contributed by atoms with E-state index in [1.165, 1.54) is 24.3 Å². The molecule has 1 atom stereocenters. The van der Waals surface area contributed by atoms with Gasteiger partial charge in [0.2, 0.25) is 0 Å². The van der Waals surface area contributed by atoms with Gasteiger partial charge in [0, 0.05) is 36.1 Å². The molecule has 1 aliphatic heterocycles. The second-order valence-corrected chi connectivity index (χ2v) is 7.23. The molecule has 148 valence electrons. The third kappa shape index (κ3) is 3.26. The Balaban J connectivity index is 1.84. The van der Waals surface area contributed by atoms with Crippen LogP contribution in [0.4, 0.5) is 5.69 Å². The van der Waals surface area contributed by atoms with Crippen LogP contribution >= 0.6 is 0 Å². The highest BCUT2D eigenvalue weighted by Crippen LogP contribution is 2.43. The lowest BCUT2D eigenvalue weighted by atomic mass is 9.95. The van der Waals surface area contributed by atoms with Gasteiger partial charge in [-0.3, -0.25) is 24.7 Å². The minimum absolute atomic E-state index is 0.0104. The van der Waals surface area contributed by atoms with Gasteiger partial charge in [0.15, 0.2) is 0 Å². The van der Waals surface area contributed by atoms with Crippen molar-refractivity contribution in [3.05, 3.63) is 75.6 Å². The first-order valence-corrected chi connectivity index (χ1v) is 9.44. The highest BCUT2D eigenvalue weighted by atomic mass is 16.6. The number of hydrogen-bond acceptors (Lipinski definition) is 6. The summed E-state index contributed by atoms with van der Waals surface area (Å²) in [5.74, 6) is -1.72. The number of carbonyl (C=O) groups is 2. The van der Waals surface area contributed by atoms with Gasteiger partial charge in [-0.2, -0.15) is 0 Å². The Hall–Kier alpha value is -3.55. The van der Waals surface area contributed by atoms with Crippen LogP contribution in [0, 0.1) is 10.1 Å². The fraction of sp³-hybridized carbons (Fsp3) is 0.286. The van der Waals surface area contributed by atoms with E-state index in [4.69, 9.17) is 0 Å². The first-order chi connectivity index (χ1) is 14.0. The van der Waals surface area contributed by atoms with E-state index in [0.717, 1.165) is 25.7 Å². The Morgan fingerprint density at radius 2 is 1.83 bits per heavy atom. The number of rotatable bonds is 4. The van der Waals surface area contributed by atoms with Crippen LogP contribution in [0.5, 0.6) is 0 Å². The number of nitro benzene ring substituents is 1. The fourth-order valence-corrected chi connectivity index (χ4v) is 4.17. The van der Waals surface area contributed by atoms with Crippen LogP contribution in [0.1, 0.15) is 42.9 Å². The summed E-state index contributed by atoms with van der Waals surface area (Å²) >= 11 is 0. The molecular formula is C21H19N3O5. The molecule has 1 amide bonds. The summed E-state index contributed by atoms with van der Waals surface area (Å²) in [7, 11) is 0. The van der Waals surface area contributed by atoms with Crippen molar-refractivity contribution in [1.29, 1.82) is 0 Å². The van der Waals surface area contributed by atoms with E-state index in [1.807, 2.05) is 0 Å². The van der Waals surface area contributed by atoms with E-state index < -0.39 is 22.7 Å². The van der Waals surface area contributed by atoms with Gasteiger partial charge in [-0.15, -0.1) is 0 Å². The summed E-state index contributed by atoms with van der Waals surface area (Å²) in [6, 6.07) is 7.93. The molecule has 1 N–H and O–H groups in total. The average Bonchev–Trinajstić information content (AvgIpc) is 3.35. The number of aliphatic hydroxyl groups is 1. The number of nitrogens with zero attached hydrogens (tertiary/aromatic N) is 3. The molecule has 8 nitrogen and oxygen atoms in total. The number of likely N-dealkylation sites (tertiary alicyclic amines) is 1. The summed E-state index contributed by atoms with van der Waals surface area (Å²) in [4.78, 5) is 41.8. The van der Waals surface area contributed by atoms with Crippen molar-refractivity contribution in [2.75, 3.05) is 0 Å². The zero-order valence-electron chi connectivity index (χ0n) is 15.5. The second kappa shape index (κ2) is 7.46. The van der Waals surface area contributed by atoms with E-state index in [1.54, 1.807) is 29.4 Å². The van der Waals surface area contributed by atoms with Gasteiger partial charge >= 0.3 is 0 Å². The highest BCUT2D eigenvalue weighted by molar-refractivity contribution is 6.46. The molecule has 29 heavy (non-hydrogen) atoms. The van der Waals surface area contributed by atoms with Crippen LogP contribution in [-0.4, -0.2) is 37.6 Å². The predicted molar refractivity (Wildman–Crippen MR) is 104 cm³/mol. The van der Waals surface area contributed by atoms with Crippen LogP contribution in [-0.2, 0) is 9.59 Å². The zero-order valence-corrected chi connectivity index (χ0v) is 15.5. The summed E-state index contributed by atoms with van der Waals surface area (Å²) in [5.41, 5.74) is 0.747. The predicted octanol–water partition coefficient (Wildman–Crippen LogP) is 3.35. The number of nitro groups is 1. The molecule has 1 aromatic carbocycles. The molecular weight excluding hydrogens is 374 g/mol. The highest BCUT2D eigenvalue weighted by Gasteiger charge is 2.49. The molecule has 2 fully saturated rings. The third-order valence-electron chi connectivity index (χ3n) is 5.55. The Bertz CT molecular complexity index is 995. The first kappa shape index (κ1) is 18.8. The number of benzene rings is 1. The van der Waals surface area contributed by atoms with Crippen molar-refractivity contribution < 1.29 is 19.6 Å². The van der Waals surface area contributed by atoms with Gasteiger partial charge in [0.1, 0.15) is 5.76 Å². The summed E-state index contributed by atoms with van der Waals surface area (Å²) < 4.78 is 0. The van der Waals surface area contributed by atoms with Gasteiger partial charge in [0.05, 0.1) is 16.5 Å². The lowest BCUT2D eigenvalue weighted by Gasteiger charge is -2.30. The monoisotopic (exact) mass is 393 g/mol. The van der Waals surface area contributed by atoms with Crippen LogP contribution < -0.4 is 0 Å². The molecule has 8 heteroatoms. The van der Waals surface area contributed by atoms with Crippen molar-refractivity contribution in [2.45, 2.75) is 37.8 Å². The first-order valence-electron chi connectivity index (χ1n) is 9.44. The summed E-state index contributed by atoms with van der Waals surface area (Å²) in [6.07, 6.45) is 6.76. The summed E-state index contributed by atoms with van der Waals surface area (Å²) in [5, 5.41) is 21.8. The van der Waals surface area contributed by atoms with Crippen LogP contribution in [0.15, 0.2) is 54.4 Å². The van der Waals surface area contributed by atoms with Crippen molar-refractivity contribution in [2.24, 2.45) is 0 Å². The Labute approximate surface area is 166 Å². The van der Waals surface area contributed by atoms with Crippen LogP contribution in [0.2, 0.25) is 0 Å². The number of aromatic nitrogens is 1. The van der Waals surface area contributed by atoms with Gasteiger partial charge in [0.25, 0.3) is 17.4 Å². The van der Waals surface area contributed by atoms with Gasteiger partial charge in [-0.05, 0) is 36.6 Å². The standard InChI is InChI=1S/C21H19N3O5/c25-19(13-7-9-16(10-8-13)24(28)29)17-18(14-4-3-11-22-12-14)23(21(27)20(17)26)15-5-1-2-6-15/h3-4,7-12,15,18,25H,1-2,5-6H2/b19-17-. The molecule has 0 bridgehead atoms. The number of pyridine rings is 1. The van der Waals surface area contributed by atoms with Gasteiger partial charge in [-0.25, -0.2) is 0 Å². The van der Waals surface area contributed by atoms with Crippen molar-refractivity contribution in [3.8, 4) is 0 Å². The SMILES string of the molecule is O=C1C(=O)N(C2CCCC2)C(c2cccnc2)/C1=C(/O)c1ccc([N+](=O)[O-])cc1. The molecule has 1 aromatic heterocycles. The topological polar surface area (TPSA) is 114 Å². The maximum absolute atomic E-state index is 12.9. The second-order valence-electron chi connectivity index (χ2n) is 7.23. The smallest absolute Gasteiger partial charge is 0.295 e. The Morgan fingerprint density at radius 3 is 2.41 bits per heavy atom. The maximum atomic E-state index is 12.9. The molecule has 1 saturated heterocycles. The maximum Gasteiger partial charge on any atom is 0.295 e. The molecule has 0 radical (unpaired) electrons. The number of non-ortho nitro benzene ring substituents is 1. The lowest BCUT2D eigenvalue weighted by molar-refractivity contribution is -0.384. The van der Waals surface area contributed by atoms with Crippen molar-refractivity contribution in [1.82, 2.24) is 9.88 Å². The van der Waals surface area contributed by atoms with E-state index in [0.29, 0.717) is 5.56 Å². The molecule has 1 saturated carbocycles. The molecule has 2 aromatic rings. The molecule has 1 unspecified atom stereocenters. The largest absolute Gasteiger partial charge is 0.507 e. The Morgan fingerprint density at radius 1 is 1.14 bits per heavy atom. The number of Topliss-reactive ketones (excluding diaryl/α,β-unsaturated/α-hetero) is 1. The molecule has 2 heterocycles. The lowest BCUT2D eigenvalue weighted by Crippen LogP contribution is -2.37. The number of hydrogen-bond donors (Lipinski definition) is 1. The van der Waals surface area contributed by atoms with Gasteiger partial charge in [-0.1, -0.05) is 18.9 Å². The van der Waals surface area contributed by atoms with Crippen molar-refractivity contribution >= 4 is 23.1 Å². The zero-order chi connectivity index (χ0) is 20.5. The Kier molecular flexibility index (Phi) is 4.84. The van der Waals surface area contributed by atoms with E-state index in [9.17, 15) is 24.8 Å². The number of amides is 1. The third-order valence-corrected chi connectivity index (χ3v) is 5.55. The number of carbonyl (C=O) groups excluding carboxylic acids is 2. The molecule has 4 rings (SSSR count). The normalized spacial score (nSPS) is 21.7. The number of aliphatic hydroxyl groups excluding tert-OH is 1. The quantitative estimate of drug-likeness (QED) is 0.280. The van der Waals surface area contributed by atoms with Gasteiger partial charge < -0.3 is 10.0 Å². The fourth-order valence-electron chi connectivity index (χ4n) is 4.17. The van der Waals surface area contributed by atoms with Crippen LogP contribution in [0.3, 0.4) is 0 Å². The minimum Gasteiger partial charge on any atom is -0.507 e. The molecule has 0 spiro atoms. The van der Waals surface area contributed by atoms with E-state index in [2.05, 4.69) is 4.98 Å². The number of ketones is 1. The minimum atomic E-state index is -0.749. The molecule has 2 aliphatic rings. The van der Waals surface area contributed by atoms with Crippen LogP contribution in [0.25, 0.3) is 5.76 Å². The van der Waals surface area contributed by atoms with E-state index in [-0.39, 0.29) is 28.6 Å². The van der Waals surface area contributed by atoms with Crippen molar-refractivity contribution in [3.63, 3.8) is 0 Å². The summed E-state index contributed by atoms with van der Waals surface area (Å²) in [6.45, 7) is 0.